The zero-order valence-electron chi connectivity index (χ0n) is 13.4. The molecule has 0 heterocycles. The van der Waals surface area contributed by atoms with Gasteiger partial charge >= 0.3 is 5.97 Å². The Hall–Kier alpha value is -1.32. The van der Waals surface area contributed by atoms with Crippen LogP contribution in [0.2, 0.25) is 0 Å². The van der Waals surface area contributed by atoms with Gasteiger partial charge in [0.25, 0.3) is 0 Å². The molecule has 0 unspecified atom stereocenters. The summed E-state index contributed by atoms with van der Waals surface area (Å²) in [5.74, 6) is 1.64. The molecule has 0 aromatic rings. The predicted octanol–water partition coefficient (Wildman–Crippen LogP) is 2.45. The highest BCUT2D eigenvalue weighted by Gasteiger charge is 2.54. The molecule has 2 N–H and O–H groups in total. The summed E-state index contributed by atoms with van der Waals surface area (Å²) in [5.41, 5.74) is 0. The first kappa shape index (κ1) is 14.1. The average Bonchev–Trinajstić information content (AvgIpc) is 3.10. The standard InChI is InChI=1S/C19H25NO3/c21-18(15-11-1-2-12(8-11)16(15)19(22)23)20-17-13-4-9-3-10(6-13)7-14(17)5-9/h1-2,9-17H,3-8H2,(H,20,21)(H,22,23)/t9?,10?,11-,12-,13?,14?,15+,16-,17?/m0/s1. The number of allylic oxidation sites excluding steroid dienone is 2. The maximum absolute atomic E-state index is 12.9. The Morgan fingerprint density at radius 2 is 1.39 bits per heavy atom. The van der Waals surface area contributed by atoms with E-state index in [1.54, 1.807) is 0 Å². The number of carboxylic acid groups (broad SMARTS) is 1. The first-order chi connectivity index (χ1) is 11.1. The lowest BCUT2D eigenvalue weighted by Gasteiger charge is -2.54. The molecule has 0 saturated heterocycles. The Labute approximate surface area is 136 Å². The van der Waals surface area contributed by atoms with Crippen molar-refractivity contribution in [2.75, 3.05) is 0 Å². The van der Waals surface area contributed by atoms with Crippen LogP contribution in [0.3, 0.4) is 0 Å². The second-order valence-corrected chi connectivity index (χ2v) is 8.80. The third-order valence-corrected chi connectivity index (χ3v) is 7.58. The van der Waals surface area contributed by atoms with Gasteiger partial charge in [0.1, 0.15) is 0 Å². The summed E-state index contributed by atoms with van der Waals surface area (Å²) < 4.78 is 0. The van der Waals surface area contributed by atoms with E-state index in [2.05, 4.69) is 11.4 Å². The minimum absolute atomic E-state index is 0.0201. The van der Waals surface area contributed by atoms with Crippen molar-refractivity contribution in [3.8, 4) is 0 Å². The first-order valence-corrected chi connectivity index (χ1v) is 9.31. The number of hydrogen-bond acceptors (Lipinski definition) is 2. The second-order valence-electron chi connectivity index (χ2n) is 8.80. The SMILES string of the molecule is O=C(O)[C@@H]1[C@H](C(=O)NC2C3CC4CC(C3)CC2C4)[C@H]2C=C[C@H]1C2. The van der Waals surface area contributed by atoms with Gasteiger partial charge in [-0.3, -0.25) is 9.59 Å². The largest absolute Gasteiger partial charge is 0.481 e. The highest BCUT2D eigenvalue weighted by Crippen LogP contribution is 2.54. The van der Waals surface area contributed by atoms with E-state index in [4.69, 9.17) is 0 Å². The number of carbonyl (C=O) groups excluding carboxylic acids is 1. The number of fused-ring (bicyclic) bond motifs is 2. The lowest BCUT2D eigenvalue weighted by atomic mass is 9.54. The molecular formula is C19H25NO3. The summed E-state index contributed by atoms with van der Waals surface area (Å²) in [6.07, 6.45) is 11.4. The fourth-order valence-electron chi connectivity index (χ4n) is 6.94. The van der Waals surface area contributed by atoms with Crippen LogP contribution in [0.5, 0.6) is 0 Å². The van der Waals surface area contributed by atoms with Crippen molar-refractivity contribution in [2.45, 2.75) is 44.6 Å². The van der Waals surface area contributed by atoms with Gasteiger partial charge in [0.05, 0.1) is 11.8 Å². The first-order valence-electron chi connectivity index (χ1n) is 9.31. The van der Waals surface area contributed by atoms with Crippen molar-refractivity contribution in [1.29, 1.82) is 0 Å². The Balaban J connectivity index is 1.34. The molecule has 0 radical (unpaired) electrons. The van der Waals surface area contributed by atoms with E-state index in [0.717, 1.165) is 18.3 Å². The van der Waals surface area contributed by atoms with Crippen LogP contribution in [0.4, 0.5) is 0 Å². The normalized spacial score (nSPS) is 52.1. The van der Waals surface area contributed by atoms with E-state index in [1.165, 1.54) is 32.1 Å². The molecule has 23 heavy (non-hydrogen) atoms. The van der Waals surface area contributed by atoms with Crippen molar-refractivity contribution in [3.63, 3.8) is 0 Å². The van der Waals surface area contributed by atoms with Gasteiger partial charge in [-0.2, -0.15) is 0 Å². The minimum atomic E-state index is -0.799. The Bertz CT molecular complexity index is 555. The number of hydrogen-bond donors (Lipinski definition) is 2. The summed E-state index contributed by atoms with van der Waals surface area (Å²) in [6.45, 7) is 0. The molecule has 6 bridgehead atoms. The Morgan fingerprint density at radius 1 is 0.826 bits per heavy atom. The van der Waals surface area contributed by atoms with Gasteiger partial charge in [0, 0.05) is 6.04 Å². The lowest BCUT2D eigenvalue weighted by Crippen LogP contribution is -2.57. The second kappa shape index (κ2) is 4.84. The molecule has 4 heteroatoms. The summed E-state index contributed by atoms with van der Waals surface area (Å²) >= 11 is 0. The molecular weight excluding hydrogens is 290 g/mol. The average molecular weight is 315 g/mol. The van der Waals surface area contributed by atoms with Crippen molar-refractivity contribution in [2.24, 2.45) is 47.3 Å². The van der Waals surface area contributed by atoms with Gasteiger partial charge in [0.2, 0.25) is 5.91 Å². The van der Waals surface area contributed by atoms with Crippen molar-refractivity contribution in [3.05, 3.63) is 12.2 Å². The third kappa shape index (κ3) is 2.03. The van der Waals surface area contributed by atoms with Crippen LogP contribution in [0, 0.1) is 47.3 Å². The van der Waals surface area contributed by atoms with Crippen LogP contribution in [0.15, 0.2) is 12.2 Å². The third-order valence-electron chi connectivity index (χ3n) is 7.58. The zero-order chi connectivity index (χ0) is 15.7. The molecule has 5 saturated carbocycles. The molecule has 4 atom stereocenters. The number of carbonyl (C=O) groups is 2. The quantitative estimate of drug-likeness (QED) is 0.786. The minimum Gasteiger partial charge on any atom is -0.481 e. The summed E-state index contributed by atoms with van der Waals surface area (Å²) in [4.78, 5) is 24.6. The van der Waals surface area contributed by atoms with Gasteiger partial charge in [-0.1, -0.05) is 12.2 Å². The summed E-state index contributed by atoms with van der Waals surface area (Å²) in [5, 5.41) is 12.9. The van der Waals surface area contributed by atoms with E-state index in [1.807, 2.05) is 6.08 Å². The molecule has 0 aromatic heterocycles. The van der Waals surface area contributed by atoms with Gasteiger partial charge in [-0.05, 0) is 74.0 Å². The molecule has 0 aliphatic heterocycles. The number of nitrogens with one attached hydrogen (secondary N) is 1. The molecule has 4 nitrogen and oxygen atoms in total. The molecule has 5 fully saturated rings. The fraction of sp³-hybridized carbons (Fsp3) is 0.789. The van der Waals surface area contributed by atoms with E-state index >= 15 is 0 Å². The molecule has 6 aliphatic carbocycles. The molecule has 0 aromatic carbocycles. The monoisotopic (exact) mass is 315 g/mol. The van der Waals surface area contributed by atoms with E-state index in [0.29, 0.717) is 17.9 Å². The van der Waals surface area contributed by atoms with Gasteiger partial charge in [-0.15, -0.1) is 0 Å². The van der Waals surface area contributed by atoms with Crippen LogP contribution >= 0.6 is 0 Å². The number of aliphatic carboxylic acids is 1. The van der Waals surface area contributed by atoms with Crippen LogP contribution in [-0.2, 0) is 9.59 Å². The molecule has 1 amide bonds. The lowest BCUT2D eigenvalue weighted by molar-refractivity contribution is -0.148. The van der Waals surface area contributed by atoms with Crippen LogP contribution in [0.1, 0.15) is 38.5 Å². The van der Waals surface area contributed by atoms with Crippen molar-refractivity contribution >= 4 is 11.9 Å². The molecule has 6 rings (SSSR count). The topological polar surface area (TPSA) is 66.4 Å². The van der Waals surface area contributed by atoms with Gasteiger partial charge in [-0.25, -0.2) is 0 Å². The van der Waals surface area contributed by atoms with Crippen LogP contribution in [-0.4, -0.2) is 23.0 Å². The van der Waals surface area contributed by atoms with Crippen molar-refractivity contribution in [1.82, 2.24) is 5.32 Å². The summed E-state index contributed by atoms with van der Waals surface area (Å²) in [7, 11) is 0. The molecule has 0 spiro atoms. The highest BCUT2D eigenvalue weighted by atomic mass is 16.4. The smallest absolute Gasteiger partial charge is 0.307 e. The van der Waals surface area contributed by atoms with E-state index in [9.17, 15) is 14.7 Å². The van der Waals surface area contributed by atoms with Crippen LogP contribution < -0.4 is 5.32 Å². The number of carboxylic acids is 1. The van der Waals surface area contributed by atoms with E-state index in [-0.39, 0.29) is 23.7 Å². The molecule has 6 aliphatic rings. The molecule has 124 valence electrons. The number of rotatable bonds is 3. The Kier molecular flexibility index (Phi) is 2.96. The summed E-state index contributed by atoms with van der Waals surface area (Å²) in [6, 6.07) is 0.313. The van der Waals surface area contributed by atoms with Gasteiger partial charge in [0.15, 0.2) is 0 Å². The maximum Gasteiger partial charge on any atom is 0.307 e. The van der Waals surface area contributed by atoms with E-state index < -0.39 is 11.9 Å². The van der Waals surface area contributed by atoms with Crippen LogP contribution in [0.25, 0.3) is 0 Å². The Morgan fingerprint density at radius 3 is 1.96 bits per heavy atom. The zero-order valence-corrected chi connectivity index (χ0v) is 13.4. The highest BCUT2D eigenvalue weighted by molar-refractivity contribution is 5.87. The number of amides is 1. The predicted molar refractivity (Wildman–Crippen MR) is 84.3 cm³/mol. The maximum atomic E-state index is 12.9. The fourth-order valence-corrected chi connectivity index (χ4v) is 6.94. The van der Waals surface area contributed by atoms with Crippen molar-refractivity contribution < 1.29 is 14.7 Å². The van der Waals surface area contributed by atoms with Gasteiger partial charge < -0.3 is 10.4 Å².